The molecule has 2 N–H and O–H groups in total. The van der Waals surface area contributed by atoms with Crippen molar-refractivity contribution in [2.24, 2.45) is 0 Å². The van der Waals surface area contributed by atoms with Crippen LogP contribution in [0.3, 0.4) is 0 Å². The Hall–Kier alpha value is -2.88. The number of aromatic hydroxyl groups is 1. The van der Waals surface area contributed by atoms with E-state index in [0.717, 1.165) is 18.7 Å². The normalized spacial score (nSPS) is 14.5. The number of carbonyl (C=O) groups excluding carboxylic acids is 1. The summed E-state index contributed by atoms with van der Waals surface area (Å²) in [4.78, 5) is 12.4. The molecule has 0 saturated heterocycles. The van der Waals surface area contributed by atoms with Crippen molar-refractivity contribution < 1.29 is 9.90 Å². The first-order valence-electron chi connectivity index (χ1n) is 8.74. The van der Waals surface area contributed by atoms with Crippen LogP contribution in [0.15, 0.2) is 41.7 Å². The molecule has 2 aromatic heterocycles. The highest BCUT2D eigenvalue weighted by atomic mass is 32.2. The Morgan fingerprint density at radius 3 is 2.78 bits per heavy atom. The van der Waals surface area contributed by atoms with Crippen molar-refractivity contribution in [3.05, 3.63) is 36.5 Å². The Labute approximate surface area is 159 Å². The molecule has 0 radical (unpaired) electrons. The van der Waals surface area contributed by atoms with Crippen LogP contribution in [0.4, 0.5) is 5.82 Å². The number of benzene rings is 1. The van der Waals surface area contributed by atoms with Crippen molar-refractivity contribution in [1.29, 1.82) is 0 Å². The van der Waals surface area contributed by atoms with Gasteiger partial charge in [0.05, 0.1) is 23.7 Å². The summed E-state index contributed by atoms with van der Waals surface area (Å²) in [6.45, 7) is 0. The van der Waals surface area contributed by atoms with Gasteiger partial charge in [0.1, 0.15) is 11.6 Å². The predicted molar refractivity (Wildman–Crippen MR) is 99.9 cm³/mol. The molecule has 140 valence electrons. The van der Waals surface area contributed by atoms with Gasteiger partial charge in [0.25, 0.3) is 0 Å². The summed E-state index contributed by atoms with van der Waals surface area (Å²) in [6.07, 6.45) is 6.31. The fourth-order valence-electron chi connectivity index (χ4n) is 3.19. The number of phenols is 1. The summed E-state index contributed by atoms with van der Waals surface area (Å²) in [5.74, 6) is 0.929. The summed E-state index contributed by atoms with van der Waals surface area (Å²) in [5, 5.41) is 28.8. The zero-order valence-electron chi connectivity index (χ0n) is 14.5. The van der Waals surface area contributed by atoms with E-state index in [1.807, 2.05) is 10.7 Å². The molecule has 27 heavy (non-hydrogen) atoms. The lowest BCUT2D eigenvalue weighted by Crippen LogP contribution is -2.19. The highest BCUT2D eigenvalue weighted by Gasteiger charge is 2.20. The van der Waals surface area contributed by atoms with Crippen LogP contribution < -0.4 is 5.32 Å². The Morgan fingerprint density at radius 1 is 1.22 bits per heavy atom. The van der Waals surface area contributed by atoms with E-state index in [1.54, 1.807) is 30.5 Å². The minimum atomic E-state index is -0.139. The number of phenolic OH excluding ortho intramolecular Hbond substituents is 1. The number of hydrogen-bond acceptors (Lipinski definition) is 7. The smallest absolute Gasteiger partial charge is 0.235 e. The van der Waals surface area contributed by atoms with Gasteiger partial charge in [0.2, 0.25) is 11.1 Å². The van der Waals surface area contributed by atoms with Crippen LogP contribution in [0.25, 0.3) is 5.69 Å². The molecule has 1 saturated carbocycles. The molecule has 1 aromatic carbocycles. The average Bonchev–Trinajstić information content (AvgIpc) is 3.42. The lowest BCUT2D eigenvalue weighted by molar-refractivity contribution is -0.113. The maximum Gasteiger partial charge on any atom is 0.235 e. The Kier molecular flexibility index (Phi) is 5.05. The average molecular weight is 385 g/mol. The summed E-state index contributed by atoms with van der Waals surface area (Å²) in [6, 6.07) is 8.71. The van der Waals surface area contributed by atoms with Gasteiger partial charge in [-0.2, -0.15) is 9.78 Å². The highest BCUT2D eigenvalue weighted by Crippen LogP contribution is 2.31. The molecule has 10 heteroatoms. The molecular weight excluding hydrogens is 366 g/mol. The molecule has 4 rings (SSSR count). The van der Waals surface area contributed by atoms with E-state index in [2.05, 4.69) is 25.9 Å². The number of rotatable bonds is 6. The van der Waals surface area contributed by atoms with Crippen molar-refractivity contribution in [2.75, 3.05) is 11.1 Å². The number of carbonyl (C=O) groups is 1. The number of amides is 1. The van der Waals surface area contributed by atoms with Gasteiger partial charge in [-0.3, -0.25) is 4.79 Å². The first-order chi connectivity index (χ1) is 13.2. The van der Waals surface area contributed by atoms with E-state index in [-0.39, 0.29) is 17.4 Å². The highest BCUT2D eigenvalue weighted by molar-refractivity contribution is 7.99. The van der Waals surface area contributed by atoms with Crippen molar-refractivity contribution in [2.45, 2.75) is 36.9 Å². The summed E-state index contributed by atoms with van der Waals surface area (Å²) < 4.78 is 3.44. The van der Waals surface area contributed by atoms with Gasteiger partial charge in [0, 0.05) is 6.07 Å². The van der Waals surface area contributed by atoms with E-state index in [4.69, 9.17) is 0 Å². The third-order valence-corrected chi connectivity index (χ3v) is 5.40. The van der Waals surface area contributed by atoms with Crippen LogP contribution in [0.2, 0.25) is 0 Å². The molecule has 1 fully saturated rings. The van der Waals surface area contributed by atoms with Crippen LogP contribution >= 0.6 is 11.8 Å². The summed E-state index contributed by atoms with van der Waals surface area (Å²) in [7, 11) is 0. The lowest BCUT2D eigenvalue weighted by atomic mass is 10.2. The van der Waals surface area contributed by atoms with E-state index in [9.17, 15) is 9.90 Å². The topological polar surface area (TPSA) is 111 Å². The van der Waals surface area contributed by atoms with E-state index >= 15 is 0 Å². The number of tetrazole rings is 1. The zero-order chi connectivity index (χ0) is 18.6. The maximum absolute atomic E-state index is 12.4. The van der Waals surface area contributed by atoms with Crippen molar-refractivity contribution in [3.8, 4) is 11.4 Å². The molecule has 0 bridgehead atoms. The largest absolute Gasteiger partial charge is 0.508 e. The van der Waals surface area contributed by atoms with E-state index < -0.39 is 0 Å². The fourth-order valence-corrected chi connectivity index (χ4v) is 3.88. The van der Waals surface area contributed by atoms with Gasteiger partial charge in [-0.1, -0.05) is 24.6 Å². The third-order valence-electron chi connectivity index (χ3n) is 4.48. The SMILES string of the molecule is O=C(CSc1nnnn1-c1ccc(O)cc1)Nc1ccnn1C1CCCC1. The fraction of sp³-hybridized carbons (Fsp3) is 0.353. The minimum absolute atomic E-state index is 0.139. The number of nitrogens with one attached hydrogen (secondary N) is 1. The molecule has 9 nitrogen and oxygen atoms in total. The monoisotopic (exact) mass is 385 g/mol. The van der Waals surface area contributed by atoms with E-state index in [1.165, 1.54) is 29.3 Å². The standard InChI is InChI=1S/C17H19N7O2S/c25-14-7-5-13(6-8-14)24-17(20-21-22-24)27-11-16(26)19-15-9-10-18-23(15)12-3-1-2-4-12/h5-10,12,25H,1-4,11H2,(H,19,26). The molecule has 3 aromatic rings. The third kappa shape index (κ3) is 3.95. The second kappa shape index (κ2) is 7.78. The number of aromatic nitrogens is 6. The molecule has 0 unspecified atom stereocenters. The predicted octanol–water partition coefficient (Wildman–Crippen LogP) is 2.41. The zero-order valence-corrected chi connectivity index (χ0v) is 15.3. The molecule has 0 spiro atoms. The van der Waals surface area contributed by atoms with E-state index in [0.29, 0.717) is 16.9 Å². The van der Waals surface area contributed by atoms with Gasteiger partial charge in [0.15, 0.2) is 0 Å². The molecule has 1 aliphatic carbocycles. The van der Waals surface area contributed by atoms with Crippen LogP contribution in [0, 0.1) is 0 Å². The molecule has 1 aliphatic rings. The quantitative estimate of drug-likeness (QED) is 0.627. The number of anilines is 1. The Morgan fingerprint density at radius 2 is 2.00 bits per heavy atom. The first-order valence-corrected chi connectivity index (χ1v) is 9.73. The second-order valence-corrected chi connectivity index (χ2v) is 7.27. The van der Waals surface area contributed by atoms with Crippen LogP contribution in [0.5, 0.6) is 5.75 Å². The van der Waals surface area contributed by atoms with Gasteiger partial charge in [-0.25, -0.2) is 4.68 Å². The van der Waals surface area contributed by atoms with Crippen LogP contribution in [-0.2, 0) is 4.79 Å². The molecule has 2 heterocycles. The molecule has 0 atom stereocenters. The number of nitrogens with zero attached hydrogens (tertiary/aromatic N) is 6. The van der Waals surface area contributed by atoms with Gasteiger partial charge in [-0.15, -0.1) is 5.10 Å². The Bertz CT molecular complexity index is 916. The molecule has 0 aliphatic heterocycles. The van der Waals surface area contributed by atoms with Crippen molar-refractivity contribution in [1.82, 2.24) is 30.0 Å². The molecule has 1 amide bonds. The maximum atomic E-state index is 12.4. The van der Waals surface area contributed by atoms with Gasteiger partial charge >= 0.3 is 0 Å². The summed E-state index contributed by atoms with van der Waals surface area (Å²) >= 11 is 1.24. The first kappa shape index (κ1) is 17.5. The van der Waals surface area contributed by atoms with Gasteiger partial charge < -0.3 is 10.4 Å². The summed E-state index contributed by atoms with van der Waals surface area (Å²) in [5.41, 5.74) is 0.708. The second-order valence-electron chi connectivity index (χ2n) is 6.33. The van der Waals surface area contributed by atoms with Crippen LogP contribution in [-0.4, -0.2) is 46.8 Å². The van der Waals surface area contributed by atoms with Crippen LogP contribution in [0.1, 0.15) is 31.7 Å². The van der Waals surface area contributed by atoms with Crippen molar-refractivity contribution in [3.63, 3.8) is 0 Å². The Balaban J connectivity index is 1.39. The lowest BCUT2D eigenvalue weighted by Gasteiger charge is -2.14. The molecular formula is C17H19N7O2S. The van der Waals surface area contributed by atoms with Gasteiger partial charge in [-0.05, 0) is 47.5 Å². The number of hydrogen-bond donors (Lipinski definition) is 2. The van der Waals surface area contributed by atoms with Crippen molar-refractivity contribution >= 4 is 23.5 Å². The number of thioether (sulfide) groups is 1. The minimum Gasteiger partial charge on any atom is -0.508 e.